The number of ether oxygens (including phenoxy) is 1. The molecule has 38 heavy (non-hydrogen) atoms. The second-order valence-electron chi connectivity index (χ2n) is 9.81. The normalized spacial score (nSPS) is 19.8. The molecule has 196 valence electrons. The lowest BCUT2D eigenvalue weighted by Crippen LogP contribution is -2.35. The molecule has 2 amide bonds. The summed E-state index contributed by atoms with van der Waals surface area (Å²) < 4.78 is 19.2. The van der Waals surface area contributed by atoms with Gasteiger partial charge in [-0.1, -0.05) is 29.8 Å². The van der Waals surface area contributed by atoms with Crippen molar-refractivity contribution in [1.29, 1.82) is 0 Å². The molecular weight excluding hydrogens is 505 g/mol. The van der Waals surface area contributed by atoms with Crippen LogP contribution < -0.4 is 15.0 Å². The highest BCUT2D eigenvalue weighted by molar-refractivity contribution is 6.34. The summed E-state index contributed by atoms with van der Waals surface area (Å²) in [4.78, 5) is 33.1. The Hall–Kier alpha value is -3.71. The highest BCUT2D eigenvalue weighted by Gasteiger charge is 2.42. The lowest BCUT2D eigenvalue weighted by atomic mass is 9.76. The van der Waals surface area contributed by atoms with E-state index in [1.54, 1.807) is 18.2 Å². The van der Waals surface area contributed by atoms with Crippen LogP contribution in [-0.2, 0) is 6.42 Å². The Kier molecular flexibility index (Phi) is 7.21. The van der Waals surface area contributed by atoms with E-state index in [0.717, 1.165) is 49.4 Å². The van der Waals surface area contributed by atoms with Crippen molar-refractivity contribution in [2.24, 2.45) is 10.4 Å². The standard InChI is InChI=1S/C30H29ClFN3O3/c1-33-27-8-5-13-30(27)14-15-35(25-7-4-3-6-20(25)18-30)29(37)19-9-12-24(26(16-19)38-2)34-28(36)22-17-21(32)10-11-23(22)31/h3-4,6-7,9-12,16-17H,5,8,13-15,18H2,1-2H3,(H,34,36). The number of benzene rings is 3. The predicted molar refractivity (Wildman–Crippen MR) is 148 cm³/mol. The number of fused-ring (bicyclic) bond motifs is 1. The van der Waals surface area contributed by atoms with Crippen LogP contribution in [0.15, 0.2) is 65.7 Å². The minimum absolute atomic E-state index is 0.00544. The summed E-state index contributed by atoms with van der Waals surface area (Å²) in [5.41, 5.74) is 4.08. The third-order valence-corrected chi connectivity index (χ3v) is 8.02. The fourth-order valence-electron chi connectivity index (χ4n) is 5.79. The van der Waals surface area contributed by atoms with Crippen LogP contribution in [0.25, 0.3) is 0 Å². The second-order valence-corrected chi connectivity index (χ2v) is 10.2. The van der Waals surface area contributed by atoms with Crippen molar-refractivity contribution in [3.63, 3.8) is 0 Å². The summed E-state index contributed by atoms with van der Waals surface area (Å²) in [6, 6.07) is 16.5. The Labute approximate surface area is 226 Å². The van der Waals surface area contributed by atoms with Gasteiger partial charge in [0.2, 0.25) is 0 Å². The average Bonchev–Trinajstić information content (AvgIpc) is 3.24. The zero-order valence-electron chi connectivity index (χ0n) is 21.4. The number of nitrogens with one attached hydrogen (secondary N) is 1. The first kappa shape index (κ1) is 25.9. The molecule has 0 saturated heterocycles. The van der Waals surface area contributed by atoms with Crippen molar-refractivity contribution in [2.75, 3.05) is 30.9 Å². The summed E-state index contributed by atoms with van der Waals surface area (Å²) in [6.45, 7) is 0.577. The largest absolute Gasteiger partial charge is 0.495 e. The maximum absolute atomic E-state index is 13.9. The minimum Gasteiger partial charge on any atom is -0.495 e. The summed E-state index contributed by atoms with van der Waals surface area (Å²) in [5.74, 6) is -0.982. The van der Waals surface area contributed by atoms with Gasteiger partial charge in [-0.15, -0.1) is 0 Å². The number of carbonyl (C=O) groups is 2. The summed E-state index contributed by atoms with van der Waals surface area (Å²) in [7, 11) is 3.34. The number of hydrogen-bond donors (Lipinski definition) is 1. The number of carbonyl (C=O) groups excluding carboxylic acids is 2. The van der Waals surface area contributed by atoms with Crippen LogP contribution in [0, 0.1) is 11.2 Å². The van der Waals surface area contributed by atoms with Crippen LogP contribution in [0.2, 0.25) is 5.02 Å². The number of para-hydroxylation sites is 1. The van der Waals surface area contributed by atoms with Crippen LogP contribution in [0.3, 0.4) is 0 Å². The van der Waals surface area contributed by atoms with Crippen molar-refractivity contribution in [3.05, 3.63) is 88.2 Å². The van der Waals surface area contributed by atoms with E-state index in [0.29, 0.717) is 23.5 Å². The summed E-state index contributed by atoms with van der Waals surface area (Å²) in [6.07, 6.45) is 4.93. The lowest BCUT2D eigenvalue weighted by molar-refractivity contribution is 0.0984. The number of anilines is 2. The molecule has 5 rings (SSSR count). The topological polar surface area (TPSA) is 71.0 Å². The van der Waals surface area contributed by atoms with E-state index in [-0.39, 0.29) is 21.9 Å². The van der Waals surface area contributed by atoms with Crippen LogP contribution in [0.4, 0.5) is 15.8 Å². The third-order valence-electron chi connectivity index (χ3n) is 7.69. The Balaban J connectivity index is 1.43. The van der Waals surface area contributed by atoms with E-state index in [1.165, 1.54) is 25.0 Å². The van der Waals surface area contributed by atoms with Gasteiger partial charge >= 0.3 is 0 Å². The maximum atomic E-state index is 13.9. The predicted octanol–water partition coefficient (Wildman–Crippen LogP) is 6.57. The Morgan fingerprint density at radius 1 is 1.11 bits per heavy atom. The zero-order valence-corrected chi connectivity index (χ0v) is 22.1. The zero-order chi connectivity index (χ0) is 26.9. The average molecular weight is 534 g/mol. The highest BCUT2D eigenvalue weighted by atomic mass is 35.5. The van der Waals surface area contributed by atoms with Gasteiger partial charge in [-0.05, 0) is 80.1 Å². The molecule has 1 atom stereocenters. The molecule has 0 radical (unpaired) electrons. The monoisotopic (exact) mass is 533 g/mol. The Morgan fingerprint density at radius 3 is 2.71 bits per heavy atom. The number of hydrogen-bond acceptors (Lipinski definition) is 4. The van der Waals surface area contributed by atoms with Gasteiger partial charge in [-0.25, -0.2) is 4.39 Å². The first-order chi connectivity index (χ1) is 18.3. The molecule has 8 heteroatoms. The van der Waals surface area contributed by atoms with E-state index >= 15 is 0 Å². The van der Waals surface area contributed by atoms with Crippen LogP contribution in [0.1, 0.15) is 52.0 Å². The van der Waals surface area contributed by atoms with Crippen LogP contribution >= 0.6 is 11.6 Å². The van der Waals surface area contributed by atoms with Crippen LogP contribution in [-0.4, -0.2) is 38.2 Å². The molecule has 1 fully saturated rings. The minimum atomic E-state index is -0.580. The number of nitrogens with zero attached hydrogens (tertiary/aromatic N) is 2. The quantitative estimate of drug-likeness (QED) is 0.412. The van der Waals surface area contributed by atoms with E-state index in [1.807, 2.05) is 30.1 Å². The first-order valence-electron chi connectivity index (χ1n) is 12.7. The molecule has 3 aromatic rings. The van der Waals surface area contributed by atoms with Gasteiger partial charge < -0.3 is 15.0 Å². The molecule has 2 aliphatic rings. The number of methoxy groups -OCH3 is 1. The van der Waals surface area contributed by atoms with E-state index in [4.69, 9.17) is 16.3 Å². The molecular formula is C30H29ClFN3O3. The molecule has 1 spiro atoms. The van der Waals surface area contributed by atoms with Gasteiger partial charge in [0.1, 0.15) is 11.6 Å². The Morgan fingerprint density at radius 2 is 1.92 bits per heavy atom. The molecule has 1 unspecified atom stereocenters. The first-order valence-corrected chi connectivity index (χ1v) is 13.0. The van der Waals surface area contributed by atoms with Gasteiger partial charge in [0.05, 0.1) is 23.4 Å². The maximum Gasteiger partial charge on any atom is 0.258 e. The van der Waals surface area contributed by atoms with Gasteiger partial charge in [0.15, 0.2) is 0 Å². The second kappa shape index (κ2) is 10.6. The molecule has 1 aliphatic heterocycles. The van der Waals surface area contributed by atoms with Crippen molar-refractivity contribution < 1.29 is 18.7 Å². The fourth-order valence-corrected chi connectivity index (χ4v) is 5.99. The van der Waals surface area contributed by atoms with Crippen molar-refractivity contribution >= 4 is 40.5 Å². The third kappa shape index (κ3) is 4.78. The number of rotatable bonds is 4. The Bertz CT molecular complexity index is 1440. The lowest BCUT2D eigenvalue weighted by Gasteiger charge is -2.29. The fraction of sp³-hybridized carbons (Fsp3) is 0.300. The highest BCUT2D eigenvalue weighted by Crippen LogP contribution is 2.46. The molecule has 1 heterocycles. The molecule has 1 saturated carbocycles. The van der Waals surface area contributed by atoms with Gasteiger partial charge in [-0.3, -0.25) is 14.6 Å². The van der Waals surface area contributed by atoms with Gasteiger partial charge in [0.25, 0.3) is 11.8 Å². The van der Waals surface area contributed by atoms with Gasteiger partial charge in [-0.2, -0.15) is 0 Å². The summed E-state index contributed by atoms with van der Waals surface area (Å²) in [5, 5.41) is 2.84. The SMILES string of the molecule is CN=C1CCCC12CCN(C(=O)c1ccc(NC(=O)c3cc(F)ccc3Cl)c(OC)c1)c1ccccc1C2. The molecule has 1 aliphatic carbocycles. The van der Waals surface area contributed by atoms with E-state index in [9.17, 15) is 14.0 Å². The van der Waals surface area contributed by atoms with Crippen molar-refractivity contribution in [1.82, 2.24) is 0 Å². The molecule has 3 aromatic carbocycles. The van der Waals surface area contributed by atoms with E-state index in [2.05, 4.69) is 16.4 Å². The van der Waals surface area contributed by atoms with Gasteiger partial charge in [0, 0.05) is 36.0 Å². The van der Waals surface area contributed by atoms with Crippen molar-refractivity contribution in [3.8, 4) is 5.75 Å². The summed E-state index contributed by atoms with van der Waals surface area (Å²) >= 11 is 6.09. The number of halogens is 2. The molecule has 0 bridgehead atoms. The molecule has 1 N–H and O–H groups in total. The molecule has 0 aromatic heterocycles. The van der Waals surface area contributed by atoms with Crippen molar-refractivity contribution in [2.45, 2.75) is 32.1 Å². The smallest absolute Gasteiger partial charge is 0.258 e. The molecule has 6 nitrogen and oxygen atoms in total. The van der Waals surface area contributed by atoms with Crippen LogP contribution in [0.5, 0.6) is 5.75 Å². The number of aliphatic imine (C=N–C) groups is 1. The van der Waals surface area contributed by atoms with E-state index < -0.39 is 11.7 Å². The number of amides is 2.